The van der Waals surface area contributed by atoms with Crippen LogP contribution < -0.4 is 5.32 Å². The molecular weight excluding hydrogens is 395 g/mol. The van der Waals surface area contributed by atoms with Crippen LogP contribution in [0, 0.1) is 12.8 Å². The van der Waals surface area contributed by atoms with E-state index in [4.69, 9.17) is 11.6 Å². The standard InChI is InChI=1S/C19H21ClF3N3O2/c1-12-9-26(16-5-3-2-4-13(12)16)11-18(28)25-7-6-14(19(21,22)23)15(10-25)24-17(27)8-20/h2-5,9,14-15H,6-8,10-11H2,1H3,(H,24,27). The van der Waals surface area contributed by atoms with E-state index in [0.717, 1.165) is 16.5 Å². The summed E-state index contributed by atoms with van der Waals surface area (Å²) in [4.78, 5) is 25.7. The maximum absolute atomic E-state index is 13.3. The highest BCUT2D eigenvalue weighted by atomic mass is 35.5. The van der Waals surface area contributed by atoms with E-state index in [1.165, 1.54) is 4.90 Å². The van der Waals surface area contributed by atoms with Gasteiger partial charge in [-0.15, -0.1) is 11.6 Å². The fourth-order valence-electron chi connectivity index (χ4n) is 3.77. The van der Waals surface area contributed by atoms with E-state index in [9.17, 15) is 22.8 Å². The number of benzene rings is 1. The van der Waals surface area contributed by atoms with E-state index < -0.39 is 29.9 Å². The fraction of sp³-hybridized carbons (Fsp3) is 0.474. The van der Waals surface area contributed by atoms with E-state index in [2.05, 4.69) is 5.32 Å². The van der Waals surface area contributed by atoms with Gasteiger partial charge in [-0.05, 0) is 25.0 Å². The third-order valence-electron chi connectivity index (χ3n) is 5.15. The van der Waals surface area contributed by atoms with E-state index in [0.29, 0.717) is 0 Å². The molecule has 3 rings (SSSR count). The Balaban J connectivity index is 1.75. The lowest BCUT2D eigenvalue weighted by molar-refractivity contribution is -0.194. The average Bonchev–Trinajstić information content (AvgIpc) is 2.96. The molecule has 1 saturated heterocycles. The molecule has 0 spiro atoms. The lowest BCUT2D eigenvalue weighted by Gasteiger charge is -2.39. The van der Waals surface area contributed by atoms with Gasteiger partial charge in [0.05, 0.1) is 12.0 Å². The summed E-state index contributed by atoms with van der Waals surface area (Å²) in [6.07, 6.45) is -2.85. The normalized spacial score (nSPS) is 20.4. The largest absolute Gasteiger partial charge is 0.393 e. The minimum atomic E-state index is -4.45. The summed E-state index contributed by atoms with van der Waals surface area (Å²) in [7, 11) is 0. The Kier molecular flexibility index (Phi) is 5.88. The minimum absolute atomic E-state index is 0.00552. The quantitative estimate of drug-likeness (QED) is 0.780. The molecule has 28 heavy (non-hydrogen) atoms. The van der Waals surface area contributed by atoms with Crippen molar-refractivity contribution in [1.29, 1.82) is 0 Å². The van der Waals surface area contributed by atoms with Crippen LogP contribution in [0.15, 0.2) is 30.5 Å². The van der Waals surface area contributed by atoms with Crippen molar-refractivity contribution >= 4 is 34.3 Å². The number of para-hydroxylation sites is 1. The number of amides is 2. The Morgan fingerprint density at radius 3 is 2.68 bits per heavy atom. The van der Waals surface area contributed by atoms with Crippen LogP contribution in [0.25, 0.3) is 10.9 Å². The third-order valence-corrected chi connectivity index (χ3v) is 5.39. The molecule has 2 unspecified atom stereocenters. The molecule has 152 valence electrons. The zero-order valence-corrected chi connectivity index (χ0v) is 16.1. The van der Waals surface area contributed by atoms with Gasteiger partial charge in [-0.2, -0.15) is 13.2 Å². The van der Waals surface area contributed by atoms with E-state index in [1.54, 1.807) is 4.57 Å². The molecule has 0 aliphatic carbocycles. The van der Waals surface area contributed by atoms with Gasteiger partial charge >= 0.3 is 6.18 Å². The maximum atomic E-state index is 13.3. The highest BCUT2D eigenvalue weighted by Crippen LogP contribution is 2.34. The predicted octanol–water partition coefficient (Wildman–Crippen LogP) is 3.08. The predicted molar refractivity (Wildman–Crippen MR) is 100 cm³/mol. The number of aromatic nitrogens is 1. The Hall–Kier alpha value is -2.22. The number of nitrogens with one attached hydrogen (secondary N) is 1. The van der Waals surface area contributed by atoms with Crippen molar-refractivity contribution in [3.05, 3.63) is 36.0 Å². The molecule has 2 aromatic rings. The van der Waals surface area contributed by atoms with Crippen LogP contribution in [0.2, 0.25) is 0 Å². The van der Waals surface area contributed by atoms with E-state index >= 15 is 0 Å². The van der Waals surface area contributed by atoms with Gasteiger partial charge in [0.25, 0.3) is 0 Å². The van der Waals surface area contributed by atoms with Gasteiger partial charge in [0.15, 0.2) is 0 Å². The number of carbonyl (C=O) groups is 2. The molecule has 9 heteroatoms. The lowest BCUT2D eigenvalue weighted by atomic mass is 9.90. The average molecular weight is 416 g/mol. The molecule has 0 bridgehead atoms. The first-order valence-corrected chi connectivity index (χ1v) is 9.48. The molecular formula is C19H21ClF3N3O2. The second-order valence-corrected chi connectivity index (χ2v) is 7.31. The lowest BCUT2D eigenvalue weighted by Crippen LogP contribution is -2.58. The van der Waals surface area contributed by atoms with Gasteiger partial charge in [0.2, 0.25) is 11.8 Å². The number of carbonyl (C=O) groups excluding carboxylic acids is 2. The van der Waals surface area contributed by atoms with Gasteiger partial charge in [0, 0.05) is 30.2 Å². The van der Waals surface area contributed by atoms with Crippen LogP contribution in [0.4, 0.5) is 13.2 Å². The Labute approximate surface area is 165 Å². The molecule has 1 fully saturated rings. The summed E-state index contributed by atoms with van der Waals surface area (Å²) < 4.78 is 41.7. The van der Waals surface area contributed by atoms with Gasteiger partial charge in [-0.1, -0.05) is 18.2 Å². The van der Waals surface area contributed by atoms with Gasteiger partial charge in [-0.3, -0.25) is 9.59 Å². The molecule has 2 heterocycles. The number of halogens is 4. The van der Waals surface area contributed by atoms with Crippen LogP contribution in [0.1, 0.15) is 12.0 Å². The highest BCUT2D eigenvalue weighted by Gasteiger charge is 2.48. The molecule has 5 nitrogen and oxygen atoms in total. The number of fused-ring (bicyclic) bond motifs is 1. The molecule has 1 aromatic carbocycles. The number of piperidine rings is 1. The zero-order chi connectivity index (χ0) is 20.5. The SMILES string of the molecule is Cc1cn(CC(=O)N2CCC(C(F)(F)F)C(NC(=O)CCl)C2)c2ccccc12. The fourth-order valence-corrected chi connectivity index (χ4v) is 3.85. The van der Waals surface area contributed by atoms with Gasteiger partial charge < -0.3 is 14.8 Å². The van der Waals surface area contributed by atoms with Crippen molar-refractivity contribution in [2.24, 2.45) is 5.92 Å². The Morgan fingerprint density at radius 1 is 1.29 bits per heavy atom. The Morgan fingerprint density at radius 2 is 2.00 bits per heavy atom. The monoisotopic (exact) mass is 415 g/mol. The molecule has 1 aliphatic heterocycles. The number of hydrogen-bond acceptors (Lipinski definition) is 2. The number of alkyl halides is 4. The van der Waals surface area contributed by atoms with E-state index in [1.807, 2.05) is 37.4 Å². The van der Waals surface area contributed by atoms with Gasteiger partial charge in [0.1, 0.15) is 12.4 Å². The summed E-state index contributed by atoms with van der Waals surface area (Å²) in [5.41, 5.74) is 1.91. The van der Waals surface area contributed by atoms with Crippen molar-refractivity contribution in [1.82, 2.24) is 14.8 Å². The third kappa shape index (κ3) is 4.27. The maximum Gasteiger partial charge on any atom is 0.393 e. The highest BCUT2D eigenvalue weighted by molar-refractivity contribution is 6.27. The Bertz CT molecular complexity index is 881. The molecule has 0 saturated carbocycles. The van der Waals surface area contributed by atoms with Crippen LogP contribution in [0.5, 0.6) is 0 Å². The molecule has 0 radical (unpaired) electrons. The van der Waals surface area contributed by atoms with Crippen LogP contribution >= 0.6 is 11.6 Å². The number of hydrogen-bond donors (Lipinski definition) is 1. The minimum Gasteiger partial charge on any atom is -0.350 e. The zero-order valence-electron chi connectivity index (χ0n) is 15.3. The summed E-state index contributed by atoms with van der Waals surface area (Å²) in [6.45, 7) is 1.77. The van der Waals surface area contributed by atoms with Crippen molar-refractivity contribution in [2.75, 3.05) is 19.0 Å². The summed E-state index contributed by atoms with van der Waals surface area (Å²) in [6, 6.07) is 6.43. The number of nitrogens with zero attached hydrogens (tertiary/aromatic N) is 2. The van der Waals surface area contributed by atoms with Crippen LogP contribution in [-0.4, -0.2) is 52.5 Å². The van der Waals surface area contributed by atoms with E-state index in [-0.39, 0.29) is 32.0 Å². The first-order valence-electron chi connectivity index (χ1n) is 8.95. The second-order valence-electron chi connectivity index (χ2n) is 7.04. The van der Waals surface area contributed by atoms with Crippen LogP contribution in [-0.2, 0) is 16.1 Å². The number of aryl methyl sites for hydroxylation is 1. The first kappa shape index (κ1) is 20.5. The molecule has 2 amide bonds. The summed E-state index contributed by atoms with van der Waals surface area (Å²) in [5.74, 6) is -3.09. The van der Waals surface area contributed by atoms with Gasteiger partial charge in [-0.25, -0.2) is 0 Å². The summed E-state index contributed by atoms with van der Waals surface area (Å²) >= 11 is 5.42. The first-order chi connectivity index (χ1) is 13.2. The molecule has 1 aromatic heterocycles. The number of likely N-dealkylation sites (tertiary alicyclic amines) is 1. The van der Waals surface area contributed by atoms with Crippen molar-refractivity contribution < 1.29 is 22.8 Å². The summed E-state index contributed by atoms with van der Waals surface area (Å²) in [5, 5.41) is 3.34. The second kappa shape index (κ2) is 8.03. The molecule has 1 aliphatic rings. The topological polar surface area (TPSA) is 54.3 Å². The van der Waals surface area contributed by atoms with Crippen LogP contribution in [0.3, 0.4) is 0 Å². The molecule has 1 N–H and O–H groups in total. The van der Waals surface area contributed by atoms with Crippen molar-refractivity contribution in [3.63, 3.8) is 0 Å². The van der Waals surface area contributed by atoms with Crippen molar-refractivity contribution in [3.8, 4) is 0 Å². The van der Waals surface area contributed by atoms with Crippen molar-refractivity contribution in [2.45, 2.75) is 32.1 Å². The molecule has 2 atom stereocenters. The number of rotatable bonds is 4. The smallest absolute Gasteiger partial charge is 0.350 e.